The number of hydrogen-bond acceptors (Lipinski definition) is 0. The zero-order valence-electron chi connectivity index (χ0n) is 12.5. The van der Waals surface area contributed by atoms with Crippen LogP contribution in [0.15, 0.2) is 66.7 Å². The van der Waals surface area contributed by atoms with Gasteiger partial charge in [0, 0.05) is 16.3 Å². The molecule has 0 aliphatic carbocycles. The number of rotatable bonds is 2. The van der Waals surface area contributed by atoms with E-state index >= 15 is 0 Å². The van der Waals surface area contributed by atoms with E-state index in [2.05, 4.69) is 78.8 Å². The molecule has 0 saturated heterocycles. The van der Waals surface area contributed by atoms with E-state index in [4.69, 9.17) is 0 Å². The van der Waals surface area contributed by atoms with Gasteiger partial charge in [-0.2, -0.15) is 0 Å². The quantitative estimate of drug-likeness (QED) is 0.669. The molecule has 21 heavy (non-hydrogen) atoms. The summed E-state index contributed by atoms with van der Waals surface area (Å²) in [4.78, 5) is 0. The van der Waals surface area contributed by atoms with Crippen LogP contribution in [0.1, 0.15) is 13.8 Å². The number of allylic oxidation sites excluding steroid dienone is 1. The SMILES string of the molecule is C=C(C)C=c1c(=CC)c2ccccc2n1-c1ccccc1. The highest BCUT2D eigenvalue weighted by molar-refractivity contribution is 5.84. The summed E-state index contributed by atoms with van der Waals surface area (Å²) in [5.74, 6) is 0. The van der Waals surface area contributed by atoms with Crippen molar-refractivity contribution in [3.63, 3.8) is 0 Å². The number of para-hydroxylation sites is 2. The summed E-state index contributed by atoms with van der Waals surface area (Å²) in [5.41, 5.74) is 3.46. The van der Waals surface area contributed by atoms with Gasteiger partial charge in [0.2, 0.25) is 0 Å². The lowest BCUT2D eigenvalue weighted by molar-refractivity contribution is 1.07. The summed E-state index contributed by atoms with van der Waals surface area (Å²) < 4.78 is 2.30. The Morgan fingerprint density at radius 3 is 2.33 bits per heavy atom. The Morgan fingerprint density at radius 2 is 1.67 bits per heavy atom. The van der Waals surface area contributed by atoms with Crippen molar-refractivity contribution in [2.45, 2.75) is 13.8 Å². The van der Waals surface area contributed by atoms with Crippen LogP contribution in [0.4, 0.5) is 0 Å². The number of hydrogen-bond donors (Lipinski definition) is 0. The molecule has 1 heterocycles. The normalized spacial score (nSPS) is 13.0. The van der Waals surface area contributed by atoms with Crippen molar-refractivity contribution in [2.24, 2.45) is 0 Å². The Balaban J connectivity index is 2.57. The minimum atomic E-state index is 1.05. The molecule has 0 spiro atoms. The fourth-order valence-electron chi connectivity index (χ4n) is 2.82. The number of benzene rings is 2. The van der Waals surface area contributed by atoms with Gasteiger partial charge in [-0.1, -0.05) is 54.6 Å². The van der Waals surface area contributed by atoms with E-state index in [0.717, 1.165) is 5.57 Å². The summed E-state index contributed by atoms with van der Waals surface area (Å²) >= 11 is 0. The van der Waals surface area contributed by atoms with Crippen molar-refractivity contribution >= 4 is 23.1 Å². The smallest absolute Gasteiger partial charge is 0.0540 e. The first-order valence-electron chi connectivity index (χ1n) is 7.21. The first-order chi connectivity index (χ1) is 10.2. The highest BCUT2D eigenvalue weighted by Crippen LogP contribution is 2.14. The molecule has 2 aromatic carbocycles. The van der Waals surface area contributed by atoms with E-state index in [1.807, 2.05) is 13.0 Å². The molecule has 1 aromatic heterocycles. The molecule has 3 aromatic rings. The Hall–Kier alpha value is -2.54. The van der Waals surface area contributed by atoms with Gasteiger partial charge in [-0.3, -0.25) is 0 Å². The average molecular weight is 273 g/mol. The molecule has 0 bridgehead atoms. The molecule has 104 valence electrons. The summed E-state index contributed by atoms with van der Waals surface area (Å²) in [6.45, 7) is 8.17. The minimum absolute atomic E-state index is 1.05. The Labute approximate surface area is 125 Å². The second-order valence-electron chi connectivity index (χ2n) is 5.27. The van der Waals surface area contributed by atoms with E-state index in [9.17, 15) is 0 Å². The maximum atomic E-state index is 4.05. The molecule has 3 rings (SSSR count). The van der Waals surface area contributed by atoms with Gasteiger partial charge in [0.1, 0.15) is 0 Å². The second kappa shape index (κ2) is 5.45. The third-order valence-electron chi connectivity index (χ3n) is 3.64. The minimum Gasteiger partial charge on any atom is -0.309 e. The zero-order valence-corrected chi connectivity index (χ0v) is 12.5. The van der Waals surface area contributed by atoms with Crippen LogP contribution in [0.2, 0.25) is 0 Å². The van der Waals surface area contributed by atoms with Crippen LogP contribution >= 0.6 is 0 Å². The molecule has 0 aliphatic heterocycles. The van der Waals surface area contributed by atoms with Crippen LogP contribution in [0, 0.1) is 0 Å². The summed E-state index contributed by atoms with van der Waals surface area (Å²) in [6.07, 6.45) is 4.33. The van der Waals surface area contributed by atoms with Gasteiger partial charge >= 0.3 is 0 Å². The Morgan fingerprint density at radius 1 is 1.00 bits per heavy atom. The predicted molar refractivity (Wildman–Crippen MR) is 91.9 cm³/mol. The zero-order chi connectivity index (χ0) is 14.8. The van der Waals surface area contributed by atoms with Gasteiger partial charge in [-0.15, -0.1) is 0 Å². The average Bonchev–Trinajstić information content (AvgIpc) is 2.80. The van der Waals surface area contributed by atoms with Gasteiger partial charge in [-0.25, -0.2) is 0 Å². The molecular weight excluding hydrogens is 254 g/mol. The standard InChI is InChI=1S/C20H19N/c1-4-17-18-12-8-9-13-19(18)21(20(17)14-15(2)3)16-10-6-5-7-11-16/h4-14H,2H2,1,3H3. The molecule has 0 fully saturated rings. The number of fused-ring (bicyclic) bond motifs is 1. The molecule has 0 amide bonds. The fraction of sp³-hybridized carbons (Fsp3) is 0.100. The van der Waals surface area contributed by atoms with Gasteiger partial charge in [0.15, 0.2) is 0 Å². The van der Waals surface area contributed by atoms with Crippen molar-refractivity contribution in [1.82, 2.24) is 4.57 Å². The van der Waals surface area contributed by atoms with E-state index in [-0.39, 0.29) is 0 Å². The highest BCUT2D eigenvalue weighted by Gasteiger charge is 2.07. The lowest BCUT2D eigenvalue weighted by atomic mass is 10.2. The van der Waals surface area contributed by atoms with Crippen molar-refractivity contribution in [1.29, 1.82) is 0 Å². The third-order valence-corrected chi connectivity index (χ3v) is 3.64. The molecule has 0 unspecified atom stereocenters. The molecule has 0 radical (unpaired) electrons. The third kappa shape index (κ3) is 2.31. The first kappa shape index (κ1) is 13.4. The molecule has 0 aliphatic rings. The summed E-state index contributed by atoms with van der Waals surface area (Å²) in [7, 11) is 0. The summed E-state index contributed by atoms with van der Waals surface area (Å²) in [6, 6.07) is 19.0. The van der Waals surface area contributed by atoms with Gasteiger partial charge in [0.05, 0.1) is 10.9 Å². The van der Waals surface area contributed by atoms with E-state index in [1.54, 1.807) is 0 Å². The van der Waals surface area contributed by atoms with Gasteiger partial charge < -0.3 is 4.57 Å². The molecule has 0 atom stereocenters. The van der Waals surface area contributed by atoms with Crippen molar-refractivity contribution < 1.29 is 0 Å². The number of aromatic nitrogens is 1. The van der Waals surface area contributed by atoms with Crippen LogP contribution in [-0.4, -0.2) is 4.57 Å². The summed E-state index contributed by atoms with van der Waals surface area (Å²) in [5, 5.41) is 3.73. The van der Waals surface area contributed by atoms with Crippen LogP contribution in [0.5, 0.6) is 0 Å². The van der Waals surface area contributed by atoms with Gasteiger partial charge in [0.25, 0.3) is 0 Å². The lowest BCUT2D eigenvalue weighted by Gasteiger charge is -2.06. The highest BCUT2D eigenvalue weighted by atomic mass is 15.0. The largest absolute Gasteiger partial charge is 0.309 e. The van der Waals surface area contributed by atoms with Crippen molar-refractivity contribution in [2.75, 3.05) is 0 Å². The van der Waals surface area contributed by atoms with Gasteiger partial charge in [-0.05, 0) is 38.1 Å². The van der Waals surface area contributed by atoms with Crippen LogP contribution < -0.4 is 10.6 Å². The first-order valence-corrected chi connectivity index (χ1v) is 7.21. The van der Waals surface area contributed by atoms with Crippen LogP contribution in [0.25, 0.3) is 28.7 Å². The Bertz CT molecular complexity index is 912. The second-order valence-corrected chi connectivity index (χ2v) is 5.27. The molecule has 1 heteroatoms. The number of nitrogens with zero attached hydrogens (tertiary/aromatic N) is 1. The molecule has 0 saturated carbocycles. The fourth-order valence-corrected chi connectivity index (χ4v) is 2.82. The van der Waals surface area contributed by atoms with Crippen molar-refractivity contribution in [3.8, 4) is 5.69 Å². The molecule has 0 N–H and O–H groups in total. The Kier molecular flexibility index (Phi) is 3.49. The predicted octanol–water partition coefficient (Wildman–Crippen LogP) is 3.79. The van der Waals surface area contributed by atoms with E-state index in [1.165, 1.54) is 27.2 Å². The van der Waals surface area contributed by atoms with Crippen LogP contribution in [-0.2, 0) is 0 Å². The maximum Gasteiger partial charge on any atom is 0.0540 e. The lowest BCUT2D eigenvalue weighted by Crippen LogP contribution is -2.28. The van der Waals surface area contributed by atoms with Crippen molar-refractivity contribution in [3.05, 3.63) is 77.3 Å². The molecule has 1 nitrogen and oxygen atoms in total. The maximum absolute atomic E-state index is 4.05. The van der Waals surface area contributed by atoms with E-state index in [0.29, 0.717) is 0 Å². The topological polar surface area (TPSA) is 4.93 Å². The molecular formula is C20H19N. The van der Waals surface area contributed by atoms with E-state index < -0.39 is 0 Å². The monoisotopic (exact) mass is 273 g/mol. The van der Waals surface area contributed by atoms with Crippen LogP contribution in [0.3, 0.4) is 0 Å².